The first-order valence-corrected chi connectivity index (χ1v) is 17.6. The molecule has 0 saturated carbocycles. The van der Waals surface area contributed by atoms with E-state index in [2.05, 4.69) is 22.5 Å². The number of terminal acetylenes is 1. The lowest BCUT2D eigenvalue weighted by molar-refractivity contribution is -0.140. The zero-order chi connectivity index (χ0) is 38.2. The van der Waals surface area contributed by atoms with Crippen molar-refractivity contribution >= 4 is 29.0 Å². The van der Waals surface area contributed by atoms with E-state index in [1.165, 1.54) is 11.0 Å². The summed E-state index contributed by atoms with van der Waals surface area (Å²) in [6, 6.07) is 2.58. The number of hydrogen-bond acceptors (Lipinski definition) is 9. The highest BCUT2D eigenvalue weighted by Gasteiger charge is 2.45. The summed E-state index contributed by atoms with van der Waals surface area (Å²) in [5.41, 5.74) is 6.65. The molecule has 4 aliphatic rings. The van der Waals surface area contributed by atoms with Crippen LogP contribution in [-0.2, 0) is 37.0 Å². The number of nitrogens with two attached hydrogens (primary N) is 1. The van der Waals surface area contributed by atoms with Gasteiger partial charge >= 0.3 is 12.2 Å². The van der Waals surface area contributed by atoms with Gasteiger partial charge in [0.2, 0.25) is 0 Å². The van der Waals surface area contributed by atoms with E-state index in [1.54, 1.807) is 18.8 Å². The number of amides is 1. The molecule has 1 amide bonds. The minimum Gasteiger partial charge on any atom is -0.461 e. The van der Waals surface area contributed by atoms with Crippen molar-refractivity contribution < 1.29 is 36.2 Å². The number of carbonyl (C=O) groups excluding carboxylic acids is 1. The Morgan fingerprint density at radius 2 is 1.87 bits per heavy atom. The molecular weight excluding hydrogens is 723 g/mol. The Labute approximate surface area is 308 Å². The van der Waals surface area contributed by atoms with Gasteiger partial charge in [0.25, 0.3) is 12.0 Å². The number of halogens is 6. The van der Waals surface area contributed by atoms with Gasteiger partial charge in [-0.3, -0.25) is 14.4 Å². The third kappa shape index (κ3) is 7.78. The van der Waals surface area contributed by atoms with Crippen LogP contribution in [0.2, 0.25) is 5.02 Å². The number of anilines is 2. The maximum atomic E-state index is 14.4. The molecule has 2 N–H and O–H groups in total. The zero-order valence-corrected chi connectivity index (χ0v) is 30.2. The quantitative estimate of drug-likeness (QED) is 0.177. The van der Waals surface area contributed by atoms with Crippen LogP contribution < -0.4 is 15.4 Å². The fourth-order valence-electron chi connectivity index (χ4n) is 7.80. The molecule has 2 fully saturated rings. The summed E-state index contributed by atoms with van der Waals surface area (Å²) in [4.78, 5) is 28.5. The molecule has 2 aromatic heterocycles. The number of alkyl halides is 3. The standard InChI is InChI=1S/C34H38ClF3N8O3.C2H2F2/c1-4-20-14-21(39)15-22(27(20)34(36,37)38)26-16-24-23(18-48-26)30(41-32(40-24)49-19-33-8-5-11-45(33)12-6-9-33)44-10-7-13-46-25(17-44)28(35)29(42-46)31(47)43(2)3;1-2(3)4/h1,14-15,26H,5-13,16-19,39H2,2-3H3;1H2. The summed E-state index contributed by atoms with van der Waals surface area (Å²) in [5.74, 6) is 2.39. The van der Waals surface area contributed by atoms with E-state index in [-0.39, 0.29) is 64.6 Å². The largest absolute Gasteiger partial charge is 0.461 e. The number of nitrogens with zero attached hydrogens (tertiary/aromatic N) is 7. The average Bonchev–Trinajstić information content (AvgIpc) is 3.72. The third-order valence-corrected chi connectivity index (χ3v) is 10.6. The van der Waals surface area contributed by atoms with Crippen LogP contribution in [0.15, 0.2) is 24.8 Å². The topological polar surface area (TPSA) is 115 Å². The van der Waals surface area contributed by atoms with Gasteiger partial charge in [0.05, 0.1) is 46.8 Å². The Kier molecular flexibility index (Phi) is 10.9. The molecule has 6 heterocycles. The van der Waals surface area contributed by atoms with Crippen molar-refractivity contribution in [3.8, 4) is 18.4 Å². The highest BCUT2D eigenvalue weighted by atomic mass is 35.5. The summed E-state index contributed by atoms with van der Waals surface area (Å²) >= 11 is 6.77. The molecule has 0 bridgehead atoms. The number of rotatable bonds is 6. The van der Waals surface area contributed by atoms with Crippen LogP contribution in [0.1, 0.15) is 82.3 Å². The van der Waals surface area contributed by atoms with E-state index in [4.69, 9.17) is 43.2 Å². The number of fused-ring (bicyclic) bond motifs is 3. The molecule has 0 radical (unpaired) electrons. The van der Waals surface area contributed by atoms with Gasteiger partial charge in [-0.25, -0.2) is 0 Å². The highest BCUT2D eigenvalue weighted by Crippen LogP contribution is 2.44. The van der Waals surface area contributed by atoms with Crippen LogP contribution in [0.4, 0.5) is 33.5 Å². The normalized spacial score (nSPS) is 19.2. The number of aryl methyl sites for hydroxylation is 1. The predicted octanol–water partition coefficient (Wildman–Crippen LogP) is 6.24. The fourth-order valence-corrected chi connectivity index (χ4v) is 8.08. The summed E-state index contributed by atoms with van der Waals surface area (Å²) in [5, 5.41) is 4.80. The van der Waals surface area contributed by atoms with E-state index in [0.29, 0.717) is 48.9 Å². The van der Waals surface area contributed by atoms with E-state index < -0.39 is 23.9 Å². The number of hydrogen-bond donors (Lipinski definition) is 1. The summed E-state index contributed by atoms with van der Waals surface area (Å²) in [7, 11) is 3.28. The third-order valence-electron chi connectivity index (χ3n) is 10.2. The minimum absolute atomic E-state index is 0.0169. The molecule has 0 spiro atoms. The van der Waals surface area contributed by atoms with Gasteiger partial charge in [0, 0.05) is 50.4 Å². The molecule has 7 rings (SSSR count). The van der Waals surface area contributed by atoms with Crippen LogP contribution in [0, 0.1) is 12.3 Å². The lowest BCUT2D eigenvalue weighted by Crippen LogP contribution is -2.43. The first kappa shape index (κ1) is 38.3. The zero-order valence-electron chi connectivity index (χ0n) is 29.4. The number of nitrogen functional groups attached to an aromatic ring is 1. The van der Waals surface area contributed by atoms with Gasteiger partial charge in [-0.05, 0) is 69.5 Å². The van der Waals surface area contributed by atoms with Crippen LogP contribution in [-0.4, -0.2) is 81.3 Å². The Morgan fingerprint density at radius 1 is 1.17 bits per heavy atom. The van der Waals surface area contributed by atoms with Crippen molar-refractivity contribution in [1.82, 2.24) is 29.5 Å². The molecule has 4 aliphatic heterocycles. The van der Waals surface area contributed by atoms with Gasteiger partial charge in [-0.1, -0.05) is 17.5 Å². The predicted molar refractivity (Wildman–Crippen MR) is 188 cm³/mol. The van der Waals surface area contributed by atoms with E-state index in [0.717, 1.165) is 44.8 Å². The molecule has 11 nitrogen and oxygen atoms in total. The molecular formula is C36H40ClF5N8O3. The van der Waals surface area contributed by atoms with Crippen LogP contribution in [0.25, 0.3) is 0 Å². The lowest BCUT2D eigenvalue weighted by atomic mass is 9.91. The van der Waals surface area contributed by atoms with E-state index in [1.807, 2.05) is 4.90 Å². The lowest BCUT2D eigenvalue weighted by Gasteiger charge is -2.33. The second-order valence-corrected chi connectivity index (χ2v) is 14.2. The van der Waals surface area contributed by atoms with Crippen LogP contribution in [0.5, 0.6) is 6.01 Å². The Bertz CT molecular complexity index is 1930. The molecule has 1 aromatic carbocycles. The fraction of sp³-hybridized carbons (Fsp3) is 0.500. The van der Waals surface area contributed by atoms with Gasteiger partial charge in [0.15, 0.2) is 5.69 Å². The van der Waals surface area contributed by atoms with Crippen molar-refractivity contribution in [3.63, 3.8) is 0 Å². The average molecular weight is 763 g/mol. The first-order valence-electron chi connectivity index (χ1n) is 17.2. The Morgan fingerprint density at radius 3 is 2.51 bits per heavy atom. The summed E-state index contributed by atoms with van der Waals surface area (Å²) in [6.45, 7) is 6.03. The molecule has 284 valence electrons. The molecule has 17 heteroatoms. The highest BCUT2D eigenvalue weighted by molar-refractivity contribution is 6.34. The smallest absolute Gasteiger partial charge is 0.417 e. The van der Waals surface area contributed by atoms with Crippen molar-refractivity contribution in [1.29, 1.82) is 0 Å². The van der Waals surface area contributed by atoms with Crippen LogP contribution >= 0.6 is 11.6 Å². The first-order chi connectivity index (χ1) is 25.1. The monoisotopic (exact) mass is 762 g/mol. The van der Waals surface area contributed by atoms with Gasteiger partial charge in [-0.2, -0.15) is 37.0 Å². The van der Waals surface area contributed by atoms with Gasteiger partial charge in [0.1, 0.15) is 12.4 Å². The summed E-state index contributed by atoms with van der Waals surface area (Å²) in [6.07, 6.45) is 2.85. The minimum atomic E-state index is -4.73. The molecule has 2 saturated heterocycles. The number of benzene rings is 1. The molecule has 1 atom stereocenters. The summed E-state index contributed by atoms with van der Waals surface area (Å²) < 4.78 is 77.8. The molecule has 3 aromatic rings. The molecule has 53 heavy (non-hydrogen) atoms. The van der Waals surface area contributed by atoms with Gasteiger partial charge in [-0.15, -0.1) is 6.42 Å². The molecule has 1 unspecified atom stereocenters. The van der Waals surface area contributed by atoms with Crippen molar-refractivity contribution in [2.45, 2.75) is 76.0 Å². The Balaban J connectivity index is 0.00000114. The van der Waals surface area contributed by atoms with Crippen molar-refractivity contribution in [3.05, 3.63) is 69.2 Å². The van der Waals surface area contributed by atoms with Gasteiger partial charge < -0.3 is 25.0 Å². The SMILES string of the molecule is C#Cc1cc(N)cc(C2Cc3nc(OCC45CCCN4CCC5)nc(N4CCCn5nc(C(=O)N(C)C)c(Cl)c5C4)c3CO2)c1C(F)(F)F.C=C(F)F. The second-order valence-electron chi connectivity index (χ2n) is 13.8. The van der Waals surface area contributed by atoms with Crippen molar-refractivity contribution in [2.24, 2.45) is 0 Å². The Hall–Kier alpha value is -4.46. The maximum absolute atomic E-state index is 14.4. The van der Waals surface area contributed by atoms with Crippen LogP contribution in [0.3, 0.4) is 0 Å². The number of carbonyl (C=O) groups is 1. The van der Waals surface area contributed by atoms with E-state index >= 15 is 0 Å². The van der Waals surface area contributed by atoms with E-state index in [9.17, 15) is 26.7 Å². The number of aromatic nitrogens is 4. The molecule has 0 aliphatic carbocycles. The van der Waals surface area contributed by atoms with Crippen molar-refractivity contribution in [2.75, 3.05) is 51.0 Å². The number of ether oxygens (including phenoxy) is 2. The second kappa shape index (κ2) is 15.1. The maximum Gasteiger partial charge on any atom is 0.417 e.